The Balaban J connectivity index is 1.56. The van der Waals surface area contributed by atoms with Gasteiger partial charge in [-0.15, -0.1) is 0 Å². The highest BCUT2D eigenvalue weighted by Crippen LogP contribution is 2.42. The molecule has 1 unspecified atom stereocenters. The summed E-state index contributed by atoms with van der Waals surface area (Å²) in [6.07, 6.45) is 3.04. The zero-order valence-electron chi connectivity index (χ0n) is 20.8. The number of nitrogens with zero attached hydrogens (tertiary/aromatic N) is 2. The number of ether oxygens (including phenoxy) is 2. The van der Waals surface area contributed by atoms with Crippen molar-refractivity contribution >= 4 is 17.4 Å². The number of aliphatic hydroxyl groups is 1. The van der Waals surface area contributed by atoms with Gasteiger partial charge in [0.1, 0.15) is 12.4 Å². The van der Waals surface area contributed by atoms with Crippen molar-refractivity contribution in [2.24, 2.45) is 0 Å². The van der Waals surface area contributed by atoms with Gasteiger partial charge in [-0.2, -0.15) is 0 Å². The number of rotatable bonds is 8. The molecule has 7 nitrogen and oxygen atoms in total. The summed E-state index contributed by atoms with van der Waals surface area (Å²) in [4.78, 5) is 32.0. The van der Waals surface area contributed by atoms with Gasteiger partial charge in [0.25, 0.3) is 11.7 Å². The second kappa shape index (κ2) is 11.0. The fourth-order valence-electron chi connectivity index (χ4n) is 4.54. The monoisotopic (exact) mass is 506 g/mol. The molecule has 2 heterocycles. The third-order valence-corrected chi connectivity index (χ3v) is 6.43. The minimum atomic E-state index is -0.833. The van der Waals surface area contributed by atoms with Crippen molar-refractivity contribution in [2.45, 2.75) is 19.2 Å². The first-order chi connectivity index (χ1) is 18.6. The highest BCUT2D eigenvalue weighted by Gasteiger charge is 2.46. The van der Waals surface area contributed by atoms with Gasteiger partial charge in [-0.25, -0.2) is 0 Å². The van der Waals surface area contributed by atoms with Crippen LogP contribution in [0, 0.1) is 0 Å². The van der Waals surface area contributed by atoms with Crippen LogP contribution in [0.5, 0.6) is 11.5 Å². The molecule has 4 aromatic rings. The molecule has 0 aliphatic carbocycles. The molecule has 0 radical (unpaired) electrons. The van der Waals surface area contributed by atoms with Gasteiger partial charge in [0, 0.05) is 24.5 Å². The maximum Gasteiger partial charge on any atom is 0.295 e. The number of benzene rings is 3. The van der Waals surface area contributed by atoms with Crippen LogP contribution in [-0.4, -0.2) is 33.8 Å². The van der Waals surface area contributed by atoms with Crippen LogP contribution in [0.2, 0.25) is 0 Å². The molecule has 1 N–H and O–H groups in total. The van der Waals surface area contributed by atoms with Crippen LogP contribution in [0.4, 0.5) is 0 Å². The largest absolute Gasteiger partial charge is 0.507 e. The first-order valence-electron chi connectivity index (χ1n) is 12.1. The predicted molar refractivity (Wildman–Crippen MR) is 142 cm³/mol. The summed E-state index contributed by atoms with van der Waals surface area (Å²) in [5.74, 6) is -0.710. The zero-order valence-corrected chi connectivity index (χ0v) is 20.8. The summed E-state index contributed by atoms with van der Waals surface area (Å²) in [7, 11) is 1.53. The van der Waals surface area contributed by atoms with Crippen molar-refractivity contribution < 1.29 is 24.2 Å². The normalized spacial score (nSPS) is 16.4. The van der Waals surface area contributed by atoms with Gasteiger partial charge in [0.2, 0.25) is 0 Å². The number of methoxy groups -OCH3 is 1. The number of aromatic nitrogens is 1. The number of hydrogen-bond donors (Lipinski definition) is 1. The molecule has 1 aliphatic heterocycles. The van der Waals surface area contributed by atoms with Crippen molar-refractivity contribution in [1.82, 2.24) is 9.88 Å². The Morgan fingerprint density at radius 3 is 2.18 bits per heavy atom. The van der Waals surface area contributed by atoms with Crippen molar-refractivity contribution in [1.29, 1.82) is 0 Å². The molecule has 1 aromatic heterocycles. The molecule has 7 heteroatoms. The van der Waals surface area contributed by atoms with E-state index in [1.165, 1.54) is 24.4 Å². The number of Topliss-reactive ketones (excluding diaryl/α,β-unsaturated/α-hetero) is 1. The van der Waals surface area contributed by atoms with Gasteiger partial charge in [0.05, 0.1) is 18.7 Å². The second-order valence-electron chi connectivity index (χ2n) is 8.83. The topological polar surface area (TPSA) is 89.0 Å². The van der Waals surface area contributed by atoms with Crippen LogP contribution in [-0.2, 0) is 22.7 Å². The Morgan fingerprint density at radius 1 is 0.868 bits per heavy atom. The fourth-order valence-corrected chi connectivity index (χ4v) is 4.54. The Hall–Kier alpha value is -4.91. The standard InChI is InChI=1S/C31H26N2O5/c1-37-26-18-24(12-13-25(26)38-20-22-10-6-3-7-11-22)28-27(29(34)23-14-16-32-17-15-23)30(35)31(36)33(28)19-21-8-4-2-5-9-21/h2-18,28,34H,19-20H2,1H3. The highest BCUT2D eigenvalue weighted by molar-refractivity contribution is 6.46. The first-order valence-corrected chi connectivity index (χ1v) is 12.1. The van der Waals surface area contributed by atoms with Gasteiger partial charge < -0.3 is 19.5 Å². The Kier molecular flexibility index (Phi) is 7.17. The SMILES string of the molecule is COc1cc(C2C(=C(O)c3ccncc3)C(=O)C(=O)N2Cc2ccccc2)ccc1OCc1ccccc1. The van der Waals surface area contributed by atoms with E-state index in [2.05, 4.69) is 4.98 Å². The van der Waals surface area contributed by atoms with E-state index in [1.807, 2.05) is 60.7 Å². The minimum absolute atomic E-state index is 0.0112. The molecule has 3 aromatic carbocycles. The third-order valence-electron chi connectivity index (χ3n) is 6.43. The molecule has 190 valence electrons. The fraction of sp³-hybridized carbons (Fsp3) is 0.129. The number of hydrogen-bond acceptors (Lipinski definition) is 6. The van der Waals surface area contributed by atoms with E-state index in [1.54, 1.807) is 30.3 Å². The van der Waals surface area contributed by atoms with E-state index in [-0.39, 0.29) is 17.9 Å². The third kappa shape index (κ3) is 4.99. The molecule has 1 atom stereocenters. The first kappa shape index (κ1) is 24.8. The van der Waals surface area contributed by atoms with E-state index in [4.69, 9.17) is 9.47 Å². The Labute approximate surface area is 220 Å². The van der Waals surface area contributed by atoms with E-state index in [0.29, 0.717) is 29.2 Å². The number of likely N-dealkylation sites (tertiary alicyclic amines) is 1. The number of ketones is 1. The van der Waals surface area contributed by atoms with E-state index in [9.17, 15) is 14.7 Å². The van der Waals surface area contributed by atoms with Gasteiger partial charge in [-0.3, -0.25) is 14.6 Å². The zero-order chi connectivity index (χ0) is 26.5. The van der Waals surface area contributed by atoms with Gasteiger partial charge >= 0.3 is 0 Å². The number of aliphatic hydroxyl groups excluding tert-OH is 1. The molecule has 1 fully saturated rings. The quantitative estimate of drug-likeness (QED) is 0.198. The Morgan fingerprint density at radius 2 is 1.53 bits per heavy atom. The van der Waals surface area contributed by atoms with E-state index in [0.717, 1.165) is 11.1 Å². The summed E-state index contributed by atoms with van der Waals surface area (Å²) in [5.41, 5.74) is 2.89. The van der Waals surface area contributed by atoms with E-state index >= 15 is 0 Å². The number of amides is 1. The van der Waals surface area contributed by atoms with Gasteiger partial charge in [-0.05, 0) is 41.0 Å². The lowest BCUT2D eigenvalue weighted by atomic mass is 9.95. The second-order valence-corrected chi connectivity index (χ2v) is 8.83. The van der Waals surface area contributed by atoms with Crippen molar-refractivity contribution in [3.8, 4) is 11.5 Å². The molecule has 1 saturated heterocycles. The van der Waals surface area contributed by atoms with Gasteiger partial charge in [0.15, 0.2) is 11.5 Å². The van der Waals surface area contributed by atoms with Crippen LogP contribution in [0.25, 0.3) is 5.76 Å². The molecule has 38 heavy (non-hydrogen) atoms. The summed E-state index contributed by atoms with van der Waals surface area (Å²) < 4.78 is 11.6. The molecule has 5 rings (SSSR count). The Bertz CT molecular complexity index is 1470. The highest BCUT2D eigenvalue weighted by atomic mass is 16.5. The maximum absolute atomic E-state index is 13.3. The summed E-state index contributed by atoms with van der Waals surface area (Å²) in [5, 5.41) is 11.2. The van der Waals surface area contributed by atoms with Crippen LogP contribution >= 0.6 is 0 Å². The maximum atomic E-state index is 13.3. The molecular formula is C31H26N2O5. The molecule has 0 bridgehead atoms. The van der Waals surface area contributed by atoms with Crippen LogP contribution in [0.3, 0.4) is 0 Å². The van der Waals surface area contributed by atoms with Crippen LogP contribution in [0.1, 0.15) is 28.3 Å². The number of carbonyl (C=O) groups is 2. The summed E-state index contributed by atoms with van der Waals surface area (Å²) in [6, 6.07) is 26.8. The summed E-state index contributed by atoms with van der Waals surface area (Å²) >= 11 is 0. The lowest BCUT2D eigenvalue weighted by molar-refractivity contribution is -0.140. The molecule has 1 amide bonds. The summed E-state index contributed by atoms with van der Waals surface area (Å²) in [6.45, 7) is 0.544. The van der Waals surface area contributed by atoms with Crippen molar-refractivity contribution in [3.05, 3.63) is 131 Å². The average Bonchev–Trinajstić information content (AvgIpc) is 3.22. The average molecular weight is 507 g/mol. The molecule has 0 saturated carbocycles. The van der Waals surface area contributed by atoms with Crippen molar-refractivity contribution in [3.63, 3.8) is 0 Å². The lowest BCUT2D eigenvalue weighted by Gasteiger charge is -2.26. The minimum Gasteiger partial charge on any atom is -0.507 e. The lowest BCUT2D eigenvalue weighted by Crippen LogP contribution is -2.29. The van der Waals surface area contributed by atoms with Crippen LogP contribution in [0.15, 0.2) is 109 Å². The molecule has 1 aliphatic rings. The molecular weight excluding hydrogens is 480 g/mol. The smallest absolute Gasteiger partial charge is 0.295 e. The molecule has 0 spiro atoms. The number of pyridine rings is 1. The van der Waals surface area contributed by atoms with Crippen LogP contribution < -0.4 is 9.47 Å². The predicted octanol–water partition coefficient (Wildman–Crippen LogP) is 5.29. The van der Waals surface area contributed by atoms with Gasteiger partial charge in [-0.1, -0.05) is 66.7 Å². The number of carbonyl (C=O) groups excluding carboxylic acids is 2. The van der Waals surface area contributed by atoms with E-state index < -0.39 is 17.7 Å². The van der Waals surface area contributed by atoms with Crippen molar-refractivity contribution in [2.75, 3.05) is 7.11 Å².